The zero-order valence-electron chi connectivity index (χ0n) is 13.7. The molecule has 128 valence electrons. The molecule has 22 heavy (non-hydrogen) atoms. The van der Waals surface area contributed by atoms with Crippen LogP contribution in [-0.2, 0) is 19.4 Å². The van der Waals surface area contributed by atoms with Gasteiger partial charge in [-0.25, -0.2) is 0 Å². The Morgan fingerprint density at radius 2 is 1.09 bits per heavy atom. The summed E-state index contributed by atoms with van der Waals surface area (Å²) in [5, 5.41) is 0. The third-order valence-corrected chi connectivity index (χ3v) is 6.51. The Kier molecular flexibility index (Phi) is 6.15. The van der Waals surface area contributed by atoms with Gasteiger partial charge in [-0.15, -0.1) is 0 Å². The van der Waals surface area contributed by atoms with Crippen molar-refractivity contribution >= 4 is 0 Å². The van der Waals surface area contributed by atoms with Crippen LogP contribution in [0.2, 0.25) is 0 Å². The average Bonchev–Trinajstić information content (AvgIpc) is 3.26. The van der Waals surface area contributed by atoms with Gasteiger partial charge in [0.05, 0.1) is 0 Å². The molecule has 3 fully saturated rings. The molecule has 0 aromatic carbocycles. The number of hydrogen-bond acceptors (Lipinski definition) is 1. The van der Waals surface area contributed by atoms with E-state index in [1.165, 1.54) is 80.9 Å². The fourth-order valence-corrected chi connectivity index (χ4v) is 4.90. The quantitative estimate of drug-likeness (QED) is 0.660. The van der Waals surface area contributed by atoms with Gasteiger partial charge in [-0.3, -0.25) is 0 Å². The van der Waals surface area contributed by atoms with Crippen molar-refractivity contribution in [3.05, 3.63) is 16.2 Å². The summed E-state index contributed by atoms with van der Waals surface area (Å²) in [5.74, 6) is 0. The van der Waals surface area contributed by atoms with Gasteiger partial charge in [0.1, 0.15) is 0 Å². The Labute approximate surface area is 145 Å². The van der Waals surface area contributed by atoms with Gasteiger partial charge in [0.15, 0.2) is 0 Å². The normalized spacial score (nSPS) is 24.0. The van der Waals surface area contributed by atoms with E-state index in [9.17, 15) is 0 Å². The van der Waals surface area contributed by atoms with E-state index in [-0.39, 0.29) is 0 Å². The van der Waals surface area contributed by atoms with Crippen LogP contribution in [0.25, 0.3) is 0 Å². The molecular formula is C18H31N3Pt. The van der Waals surface area contributed by atoms with E-state index in [1.807, 2.05) is 0 Å². The van der Waals surface area contributed by atoms with Gasteiger partial charge in [-0.2, -0.15) is 0 Å². The first-order valence-corrected chi connectivity index (χ1v) is 10.4. The van der Waals surface area contributed by atoms with Crippen LogP contribution in [0.15, 0.2) is 12.4 Å². The molecule has 0 bridgehead atoms. The molecule has 0 amide bonds. The Morgan fingerprint density at radius 1 is 0.727 bits per heavy atom. The molecule has 3 saturated carbocycles. The summed E-state index contributed by atoms with van der Waals surface area (Å²) in [5.41, 5.74) is 5.22. The number of nitrogens with zero attached hydrogens (tertiary/aromatic N) is 2. The van der Waals surface area contributed by atoms with Crippen molar-refractivity contribution in [2.45, 2.75) is 95.2 Å². The molecule has 0 saturated heterocycles. The molecule has 0 unspecified atom stereocenters. The van der Waals surface area contributed by atoms with Crippen LogP contribution in [0.4, 0.5) is 0 Å². The molecule has 0 radical (unpaired) electrons. The predicted molar refractivity (Wildman–Crippen MR) is 87.1 cm³/mol. The minimum atomic E-state index is 0.583. The first-order chi connectivity index (χ1) is 10.8. The number of nitrogens with two attached hydrogens (primary N) is 1. The van der Waals surface area contributed by atoms with E-state index in [2.05, 4.69) is 40.9 Å². The maximum absolute atomic E-state index is 5.22. The van der Waals surface area contributed by atoms with Crippen molar-refractivity contribution in [1.29, 1.82) is 0 Å². The second-order valence-corrected chi connectivity index (χ2v) is 8.29. The molecule has 0 aliphatic heterocycles. The topological polar surface area (TPSA) is 35.9 Å². The van der Waals surface area contributed by atoms with Crippen LogP contribution >= 0.6 is 0 Å². The molecular weight excluding hydrogens is 453 g/mol. The van der Waals surface area contributed by atoms with Crippen LogP contribution in [0.5, 0.6) is 0 Å². The molecule has 0 atom stereocenters. The third kappa shape index (κ3) is 4.45. The van der Waals surface area contributed by atoms with Crippen molar-refractivity contribution in [1.82, 2.24) is 9.13 Å². The molecule has 4 rings (SSSR count). The van der Waals surface area contributed by atoms with Crippen molar-refractivity contribution in [2.75, 3.05) is 0 Å². The molecule has 1 aromatic heterocycles. The number of rotatable bonds is 2. The van der Waals surface area contributed by atoms with Crippen molar-refractivity contribution < 1.29 is 19.4 Å². The Balaban J connectivity index is 0.000000313. The average molecular weight is 485 g/mol. The number of hydrogen-bond donors (Lipinski definition) is 1. The number of imidazole rings is 1. The SMILES string of the molecule is NC1CC1.[Pt]=[c]1n(C2CCCCC2)ccn1C1CCCCC1. The fraction of sp³-hybridized carbons (Fsp3) is 0.833. The molecule has 0 spiro atoms. The van der Waals surface area contributed by atoms with E-state index >= 15 is 0 Å². The van der Waals surface area contributed by atoms with Gasteiger partial charge in [-0.1, -0.05) is 0 Å². The van der Waals surface area contributed by atoms with E-state index in [0.717, 1.165) is 12.1 Å². The first kappa shape index (κ1) is 16.7. The fourth-order valence-electron chi connectivity index (χ4n) is 3.73. The van der Waals surface area contributed by atoms with Gasteiger partial charge < -0.3 is 5.73 Å². The summed E-state index contributed by atoms with van der Waals surface area (Å²) >= 11 is 2.55. The molecule has 3 aliphatic carbocycles. The second kappa shape index (κ2) is 8.10. The number of aromatic nitrogens is 2. The van der Waals surface area contributed by atoms with Crippen molar-refractivity contribution in [3.8, 4) is 0 Å². The molecule has 1 heterocycles. The van der Waals surface area contributed by atoms with Crippen LogP contribution in [0.1, 0.15) is 89.1 Å². The molecule has 3 aliphatic rings. The summed E-state index contributed by atoms with van der Waals surface area (Å²) in [6.07, 6.45) is 21.3. The molecule has 4 heteroatoms. The van der Waals surface area contributed by atoms with Crippen LogP contribution in [-0.4, -0.2) is 15.2 Å². The predicted octanol–water partition coefficient (Wildman–Crippen LogP) is 4.49. The summed E-state index contributed by atoms with van der Waals surface area (Å²) in [6, 6.07) is 2.13. The van der Waals surface area contributed by atoms with Crippen molar-refractivity contribution in [3.63, 3.8) is 0 Å². The summed E-state index contributed by atoms with van der Waals surface area (Å²) in [4.78, 5) is 0. The Morgan fingerprint density at radius 3 is 1.41 bits per heavy atom. The first-order valence-electron chi connectivity index (χ1n) is 9.25. The van der Waals surface area contributed by atoms with E-state index in [0.29, 0.717) is 6.04 Å². The minimum absolute atomic E-state index is 0.583. The Bertz CT molecular complexity index is 464. The van der Waals surface area contributed by atoms with Crippen LogP contribution < -0.4 is 5.73 Å². The Hall–Kier alpha value is -0.142. The van der Waals surface area contributed by atoms with Gasteiger partial charge >= 0.3 is 121 Å². The van der Waals surface area contributed by atoms with Gasteiger partial charge in [0.2, 0.25) is 0 Å². The van der Waals surface area contributed by atoms with Crippen LogP contribution in [0.3, 0.4) is 0 Å². The maximum atomic E-state index is 5.22. The molecule has 3 nitrogen and oxygen atoms in total. The van der Waals surface area contributed by atoms with Gasteiger partial charge in [-0.05, 0) is 12.8 Å². The zero-order valence-corrected chi connectivity index (χ0v) is 15.9. The van der Waals surface area contributed by atoms with Crippen LogP contribution in [0, 0.1) is 3.80 Å². The summed E-state index contributed by atoms with van der Waals surface area (Å²) in [7, 11) is 0. The summed E-state index contributed by atoms with van der Waals surface area (Å²) < 4.78 is 6.57. The molecule has 2 N–H and O–H groups in total. The zero-order chi connectivity index (χ0) is 15.4. The van der Waals surface area contributed by atoms with Gasteiger partial charge in [0, 0.05) is 6.04 Å². The van der Waals surface area contributed by atoms with E-state index in [4.69, 9.17) is 5.73 Å². The van der Waals surface area contributed by atoms with Gasteiger partial charge in [0.25, 0.3) is 0 Å². The standard InChI is InChI=1S/C15H24N2.C3H7N.Pt/c1-3-7-14(8-4-1)16-11-12-17(13-16)15-9-5-2-6-10-15;4-3-1-2-3;/h11-12,14-15H,1-10H2;3H,1-2,4H2;. The monoisotopic (exact) mass is 484 g/mol. The molecule has 1 aromatic rings. The summed E-state index contributed by atoms with van der Waals surface area (Å²) in [6.45, 7) is 0. The second-order valence-electron chi connectivity index (χ2n) is 7.28. The van der Waals surface area contributed by atoms with Crippen molar-refractivity contribution in [2.24, 2.45) is 5.73 Å². The van der Waals surface area contributed by atoms with E-state index in [1.54, 1.807) is 0 Å². The third-order valence-electron chi connectivity index (χ3n) is 5.34. The van der Waals surface area contributed by atoms with E-state index < -0.39 is 0 Å².